The number of para-hydroxylation sites is 1. The third-order valence-corrected chi connectivity index (χ3v) is 6.60. The van der Waals surface area contributed by atoms with Gasteiger partial charge < -0.3 is 4.74 Å². The second-order valence-electron chi connectivity index (χ2n) is 5.99. The molecule has 23 heavy (non-hydrogen) atoms. The molecule has 0 aliphatic carbocycles. The summed E-state index contributed by atoms with van der Waals surface area (Å²) in [5.41, 5.74) is 1.42. The summed E-state index contributed by atoms with van der Waals surface area (Å²) in [5, 5.41) is 8.74. The largest absolute Gasteiger partial charge is 0.490 e. The van der Waals surface area contributed by atoms with E-state index in [-0.39, 0.29) is 19.2 Å². The summed E-state index contributed by atoms with van der Waals surface area (Å²) in [4.78, 5) is 11.6. The lowest BCUT2D eigenvalue weighted by atomic mass is 10.1. The molecule has 1 aliphatic rings. The van der Waals surface area contributed by atoms with Crippen LogP contribution in [-0.4, -0.2) is 47.8 Å². The molecule has 1 aromatic carbocycles. The molecule has 1 amide bonds. The molecule has 1 heterocycles. The maximum Gasteiger partial charge on any atom is 0.265 e. The van der Waals surface area contributed by atoms with Gasteiger partial charge in [-0.05, 0) is 38.8 Å². The highest BCUT2D eigenvalue weighted by Crippen LogP contribution is 2.26. The lowest BCUT2D eigenvalue weighted by Crippen LogP contribution is -2.55. The van der Waals surface area contributed by atoms with E-state index in [1.54, 1.807) is 0 Å². The van der Waals surface area contributed by atoms with Gasteiger partial charge in [0, 0.05) is 13.1 Å². The normalized spacial score (nSPS) is 17.7. The monoisotopic (exact) mass is 342 g/mol. The van der Waals surface area contributed by atoms with Crippen molar-refractivity contribution in [2.75, 3.05) is 13.1 Å². The van der Waals surface area contributed by atoms with Crippen molar-refractivity contribution in [1.29, 1.82) is 0 Å². The number of amides is 1. The van der Waals surface area contributed by atoms with E-state index in [0.29, 0.717) is 12.8 Å². The first-order valence-corrected chi connectivity index (χ1v) is 8.89. The van der Waals surface area contributed by atoms with Gasteiger partial charge >= 0.3 is 0 Å². The van der Waals surface area contributed by atoms with E-state index in [4.69, 9.17) is 9.94 Å². The summed E-state index contributed by atoms with van der Waals surface area (Å²) in [7, 11) is -3.86. The highest BCUT2D eigenvalue weighted by atomic mass is 32.2. The number of hydroxylamine groups is 1. The fraction of sp³-hybridized carbons (Fsp3) is 0.533. The van der Waals surface area contributed by atoms with Crippen LogP contribution in [0.1, 0.15) is 26.7 Å². The van der Waals surface area contributed by atoms with Crippen molar-refractivity contribution >= 4 is 15.9 Å². The Kier molecular flexibility index (Phi) is 5.28. The number of hydrogen-bond acceptors (Lipinski definition) is 5. The van der Waals surface area contributed by atoms with Crippen molar-refractivity contribution in [3.05, 3.63) is 30.3 Å². The first kappa shape index (κ1) is 17.7. The van der Waals surface area contributed by atoms with Crippen LogP contribution >= 0.6 is 0 Å². The molecule has 0 saturated carbocycles. The van der Waals surface area contributed by atoms with Crippen LogP contribution < -0.4 is 10.2 Å². The summed E-state index contributed by atoms with van der Waals surface area (Å²) >= 11 is 0. The molecule has 8 heteroatoms. The van der Waals surface area contributed by atoms with E-state index in [2.05, 4.69) is 0 Å². The molecule has 0 radical (unpaired) electrons. The second-order valence-corrected chi connectivity index (χ2v) is 8.47. The summed E-state index contributed by atoms with van der Waals surface area (Å²) in [6.45, 7) is 3.12. The lowest BCUT2D eigenvalue weighted by Gasteiger charge is -2.35. The predicted molar refractivity (Wildman–Crippen MR) is 84.6 cm³/mol. The zero-order valence-electron chi connectivity index (χ0n) is 13.2. The van der Waals surface area contributed by atoms with Crippen molar-refractivity contribution in [1.82, 2.24) is 9.79 Å². The van der Waals surface area contributed by atoms with Crippen LogP contribution in [0.3, 0.4) is 0 Å². The minimum absolute atomic E-state index is 0.0568. The Bertz CT molecular complexity index is 637. The Labute approximate surface area is 136 Å². The van der Waals surface area contributed by atoms with Gasteiger partial charge in [0.1, 0.15) is 11.9 Å². The maximum atomic E-state index is 12.6. The summed E-state index contributed by atoms with van der Waals surface area (Å²) in [5.74, 6) is -0.186. The zero-order valence-corrected chi connectivity index (χ0v) is 14.0. The molecule has 0 aromatic heterocycles. The van der Waals surface area contributed by atoms with Crippen LogP contribution in [0, 0.1) is 0 Å². The highest BCUT2D eigenvalue weighted by Gasteiger charge is 2.46. The molecule has 1 aliphatic heterocycles. The van der Waals surface area contributed by atoms with Crippen LogP contribution in [0.25, 0.3) is 0 Å². The molecule has 1 fully saturated rings. The van der Waals surface area contributed by atoms with E-state index in [1.165, 1.54) is 23.6 Å². The zero-order chi connectivity index (χ0) is 17.1. The van der Waals surface area contributed by atoms with Gasteiger partial charge in [0.05, 0.1) is 0 Å². The number of rotatable bonds is 5. The number of sulfonamides is 1. The Morgan fingerprint density at radius 1 is 1.26 bits per heavy atom. The van der Waals surface area contributed by atoms with Crippen LogP contribution in [0.15, 0.2) is 30.3 Å². The molecule has 0 atom stereocenters. The van der Waals surface area contributed by atoms with E-state index in [1.807, 2.05) is 30.3 Å². The maximum absolute atomic E-state index is 12.6. The fourth-order valence-corrected chi connectivity index (χ4v) is 4.07. The van der Waals surface area contributed by atoms with Gasteiger partial charge in [-0.2, -0.15) is 0 Å². The number of hydrogen-bond donors (Lipinski definition) is 2. The predicted octanol–water partition coefficient (Wildman–Crippen LogP) is 1.14. The molecule has 1 saturated heterocycles. The van der Waals surface area contributed by atoms with Crippen LogP contribution in [0.2, 0.25) is 0 Å². The van der Waals surface area contributed by atoms with Gasteiger partial charge in [0.25, 0.3) is 5.91 Å². The van der Waals surface area contributed by atoms with E-state index < -0.39 is 20.7 Å². The van der Waals surface area contributed by atoms with Crippen molar-refractivity contribution < 1.29 is 23.2 Å². The topological polar surface area (TPSA) is 95.9 Å². The summed E-state index contributed by atoms with van der Waals surface area (Å²) in [6.07, 6.45) is 1.04. The summed E-state index contributed by atoms with van der Waals surface area (Å²) < 4.78 is 30.6. The third kappa shape index (κ3) is 3.65. The molecule has 1 aromatic rings. The average molecular weight is 342 g/mol. The van der Waals surface area contributed by atoms with E-state index in [9.17, 15) is 13.2 Å². The Balaban J connectivity index is 2.00. The average Bonchev–Trinajstić information content (AvgIpc) is 2.55. The first-order chi connectivity index (χ1) is 10.8. The Morgan fingerprint density at radius 3 is 2.35 bits per heavy atom. The Morgan fingerprint density at radius 2 is 1.83 bits per heavy atom. The van der Waals surface area contributed by atoms with Gasteiger partial charge in [-0.3, -0.25) is 10.0 Å². The van der Waals surface area contributed by atoms with Crippen molar-refractivity contribution in [2.45, 2.75) is 37.5 Å². The second kappa shape index (κ2) is 6.86. The molecule has 2 rings (SSSR count). The molecular weight excluding hydrogens is 320 g/mol. The number of nitrogens with zero attached hydrogens (tertiary/aromatic N) is 1. The number of benzene rings is 1. The molecule has 0 unspecified atom stereocenters. The molecule has 2 N–H and O–H groups in total. The fourth-order valence-electron chi connectivity index (χ4n) is 2.46. The lowest BCUT2D eigenvalue weighted by molar-refractivity contribution is -0.131. The summed E-state index contributed by atoms with van der Waals surface area (Å²) in [6, 6.07) is 9.38. The van der Waals surface area contributed by atoms with E-state index in [0.717, 1.165) is 5.75 Å². The van der Waals surface area contributed by atoms with Gasteiger partial charge in [-0.1, -0.05) is 18.2 Å². The number of carbonyl (C=O) groups is 1. The van der Waals surface area contributed by atoms with Gasteiger partial charge in [-0.15, -0.1) is 0 Å². The van der Waals surface area contributed by atoms with Crippen LogP contribution in [0.5, 0.6) is 5.75 Å². The van der Waals surface area contributed by atoms with Crippen molar-refractivity contribution in [3.8, 4) is 5.75 Å². The quantitative estimate of drug-likeness (QED) is 0.618. The Hall–Kier alpha value is -1.64. The van der Waals surface area contributed by atoms with Crippen molar-refractivity contribution in [2.24, 2.45) is 0 Å². The molecule has 128 valence electrons. The molecule has 0 spiro atoms. The van der Waals surface area contributed by atoms with Crippen molar-refractivity contribution in [3.63, 3.8) is 0 Å². The molecular formula is C15H22N2O5S. The minimum Gasteiger partial charge on any atom is -0.490 e. The SMILES string of the molecule is CC(C)(C(=O)NO)S(=O)(=O)N1CCC(Oc2ccccc2)CC1. The number of ether oxygens (including phenoxy) is 1. The molecule has 0 bridgehead atoms. The number of nitrogens with one attached hydrogen (secondary N) is 1. The third-order valence-electron chi connectivity index (χ3n) is 4.08. The smallest absolute Gasteiger partial charge is 0.265 e. The van der Waals surface area contributed by atoms with Crippen LogP contribution in [0.4, 0.5) is 0 Å². The number of piperidine rings is 1. The van der Waals surface area contributed by atoms with E-state index >= 15 is 0 Å². The number of carbonyl (C=O) groups excluding carboxylic acids is 1. The van der Waals surface area contributed by atoms with Gasteiger partial charge in [0.15, 0.2) is 4.75 Å². The minimum atomic E-state index is -3.86. The standard InChI is InChI=1S/C15H22N2O5S/c1-15(2,14(18)16-19)23(20,21)17-10-8-13(9-11-17)22-12-6-4-3-5-7-12/h3-7,13,19H,8-11H2,1-2H3,(H,16,18). The van der Waals surface area contributed by atoms with Crippen LogP contribution in [-0.2, 0) is 14.8 Å². The molecule has 7 nitrogen and oxygen atoms in total. The highest BCUT2D eigenvalue weighted by molar-refractivity contribution is 7.91. The first-order valence-electron chi connectivity index (χ1n) is 7.45. The van der Waals surface area contributed by atoms with Gasteiger partial charge in [-0.25, -0.2) is 18.2 Å². The van der Waals surface area contributed by atoms with Gasteiger partial charge in [0.2, 0.25) is 10.0 Å².